The van der Waals surface area contributed by atoms with Gasteiger partial charge < -0.3 is 22.1 Å². The van der Waals surface area contributed by atoms with Gasteiger partial charge in [-0.3, -0.25) is 0 Å². The molecule has 7 rings (SSSR count). The molecule has 0 unspecified atom stereocenters. The summed E-state index contributed by atoms with van der Waals surface area (Å²) in [6.07, 6.45) is 13.2. The Kier molecular flexibility index (Phi) is 8.82. The van der Waals surface area contributed by atoms with Crippen molar-refractivity contribution in [1.29, 1.82) is 0 Å². The van der Waals surface area contributed by atoms with E-state index in [1.54, 1.807) is 0 Å². The zero-order valence-corrected chi connectivity index (χ0v) is 29.6. The largest absolute Gasteiger partial charge is 0.359 e. The molecular formula is C43H52N4. The first-order chi connectivity index (χ1) is 22.2. The van der Waals surface area contributed by atoms with Gasteiger partial charge in [-0.15, -0.1) is 0 Å². The Bertz CT molecular complexity index is 1690. The minimum Gasteiger partial charge on any atom is -0.359 e. The van der Waals surface area contributed by atoms with Gasteiger partial charge >= 0.3 is 0 Å². The average molecular weight is 625 g/mol. The van der Waals surface area contributed by atoms with E-state index in [0.717, 1.165) is 39.0 Å². The highest BCUT2D eigenvalue weighted by Crippen LogP contribution is 2.48. The zero-order chi connectivity index (χ0) is 32.1. The van der Waals surface area contributed by atoms with E-state index in [1.807, 2.05) is 0 Å². The predicted octanol–water partition coefficient (Wildman–Crippen LogP) is 9.07. The lowest BCUT2D eigenvalue weighted by Crippen LogP contribution is -2.45. The van der Waals surface area contributed by atoms with E-state index in [4.69, 9.17) is 0 Å². The molecule has 0 bridgehead atoms. The summed E-state index contributed by atoms with van der Waals surface area (Å²) in [6.45, 7) is 13.6. The molecule has 0 atom stereocenters. The third-order valence-corrected chi connectivity index (χ3v) is 11.0. The first-order valence-corrected chi connectivity index (χ1v) is 17.1. The molecule has 0 spiro atoms. The van der Waals surface area contributed by atoms with Crippen LogP contribution in [0.3, 0.4) is 0 Å². The Morgan fingerprint density at radius 1 is 0.596 bits per heavy atom. The summed E-state index contributed by atoms with van der Waals surface area (Å²) < 4.78 is 2.68. The molecule has 0 radical (unpaired) electrons. The van der Waals surface area contributed by atoms with E-state index in [2.05, 4.69) is 164 Å². The normalized spacial score (nSPS) is 23.5. The van der Waals surface area contributed by atoms with Gasteiger partial charge in [-0.2, -0.15) is 0 Å². The number of likely N-dealkylation sites (N-methyl/N-ethyl adjacent to an activating group) is 2. The van der Waals surface area contributed by atoms with Crippen LogP contribution < -0.4 is 14.7 Å². The van der Waals surface area contributed by atoms with Crippen molar-refractivity contribution < 1.29 is 4.58 Å². The number of nitrogens with zero attached hydrogens (tertiary/aromatic N) is 4. The van der Waals surface area contributed by atoms with E-state index in [0.29, 0.717) is 0 Å². The predicted molar refractivity (Wildman–Crippen MR) is 202 cm³/mol. The maximum Gasteiger partial charge on any atom is 0.206 e. The molecule has 3 aromatic rings. The van der Waals surface area contributed by atoms with Crippen molar-refractivity contribution in [2.24, 2.45) is 0 Å². The molecule has 3 heterocycles. The maximum atomic E-state index is 2.68. The minimum absolute atomic E-state index is 0. The molecule has 0 amide bonds. The summed E-state index contributed by atoms with van der Waals surface area (Å²) in [6, 6.07) is 28.6. The fraction of sp³-hybridized carbons (Fsp3) is 0.349. The van der Waals surface area contributed by atoms with Gasteiger partial charge in [0.2, 0.25) is 5.71 Å². The molecule has 3 aromatic carbocycles. The number of anilines is 3. The van der Waals surface area contributed by atoms with E-state index >= 15 is 0 Å². The van der Waals surface area contributed by atoms with Crippen molar-refractivity contribution in [3.8, 4) is 0 Å². The van der Waals surface area contributed by atoms with Crippen LogP contribution in [0.2, 0.25) is 0 Å². The molecule has 4 nitrogen and oxygen atoms in total. The summed E-state index contributed by atoms with van der Waals surface area (Å²) in [4.78, 5) is 7.33. The number of allylic oxidation sites excluding steroid dienone is 8. The second-order valence-corrected chi connectivity index (χ2v) is 14.4. The number of hydrogen-bond acceptors (Lipinski definition) is 3. The number of para-hydroxylation sites is 3. The van der Waals surface area contributed by atoms with Gasteiger partial charge in [0.15, 0.2) is 13.1 Å². The van der Waals surface area contributed by atoms with Crippen LogP contribution in [0, 0.1) is 7.43 Å². The molecule has 47 heavy (non-hydrogen) atoms. The highest BCUT2D eigenvalue weighted by Gasteiger charge is 2.39. The summed E-state index contributed by atoms with van der Waals surface area (Å²) in [5, 5.41) is 0. The Morgan fingerprint density at radius 2 is 1.04 bits per heavy atom. The van der Waals surface area contributed by atoms with Crippen LogP contribution in [0.15, 0.2) is 126 Å². The summed E-state index contributed by atoms with van der Waals surface area (Å²) in [5.74, 6) is 0. The van der Waals surface area contributed by atoms with Crippen LogP contribution in [-0.2, 0) is 10.8 Å². The Hall–Kier alpha value is -4.31. The maximum absolute atomic E-state index is 2.68. The van der Waals surface area contributed by atoms with Gasteiger partial charge in [0.05, 0.1) is 13.1 Å². The highest BCUT2D eigenvalue weighted by molar-refractivity contribution is 6.10. The van der Waals surface area contributed by atoms with Crippen LogP contribution in [0.4, 0.5) is 17.1 Å². The first-order valence-electron chi connectivity index (χ1n) is 17.1. The Morgan fingerprint density at radius 3 is 1.51 bits per heavy atom. The van der Waals surface area contributed by atoms with Crippen molar-refractivity contribution >= 4 is 22.8 Å². The van der Waals surface area contributed by atoms with Crippen LogP contribution in [0.1, 0.15) is 58.1 Å². The van der Waals surface area contributed by atoms with Gasteiger partial charge in [-0.1, -0.05) is 94.4 Å². The van der Waals surface area contributed by atoms with Crippen molar-refractivity contribution in [3.63, 3.8) is 0 Å². The number of benzene rings is 3. The average Bonchev–Trinajstić information content (AvgIpc) is 3.40. The van der Waals surface area contributed by atoms with E-state index in [9.17, 15) is 0 Å². The molecule has 3 aliphatic heterocycles. The molecule has 1 aliphatic carbocycles. The molecule has 0 aromatic heterocycles. The van der Waals surface area contributed by atoms with Gasteiger partial charge in [0.1, 0.15) is 0 Å². The van der Waals surface area contributed by atoms with Crippen molar-refractivity contribution in [2.45, 2.75) is 57.8 Å². The summed E-state index contributed by atoms with van der Waals surface area (Å²) in [7, 11) is 4.45. The van der Waals surface area contributed by atoms with Crippen LogP contribution >= 0.6 is 0 Å². The van der Waals surface area contributed by atoms with E-state index < -0.39 is 0 Å². The van der Waals surface area contributed by atoms with Crippen LogP contribution in [0.5, 0.6) is 0 Å². The number of piperazine rings is 1. The fourth-order valence-corrected chi connectivity index (χ4v) is 8.43. The van der Waals surface area contributed by atoms with Gasteiger partial charge in [0.25, 0.3) is 0 Å². The van der Waals surface area contributed by atoms with Gasteiger partial charge in [-0.05, 0) is 66.8 Å². The van der Waals surface area contributed by atoms with E-state index in [-0.39, 0.29) is 18.3 Å². The Labute approximate surface area is 283 Å². The quantitative estimate of drug-likeness (QED) is 0.213. The first kappa shape index (κ1) is 32.6. The molecular weight excluding hydrogens is 573 g/mol. The summed E-state index contributed by atoms with van der Waals surface area (Å²) in [5.41, 5.74) is 13.8. The molecule has 1 saturated carbocycles. The standard InChI is InChI=1S/C42H49N4.CH3/c1-41(2)34-19-10-12-21-36(34)43(5)38(41)25-23-31-15-14-16-32(24-26-39-42(3,4)35-20-11-13-22-37(35)44(39)6)40(31)46-29-27-45(28-30-46)33-17-8-7-9-18-33;/h7-13,17-26H,14-16,27-30H2,1-6H3;1H3/q+1;-1. The van der Waals surface area contributed by atoms with Gasteiger partial charge in [0, 0.05) is 64.5 Å². The van der Waals surface area contributed by atoms with Crippen LogP contribution in [0.25, 0.3) is 0 Å². The van der Waals surface area contributed by atoms with Crippen molar-refractivity contribution in [2.75, 3.05) is 55.0 Å². The lowest BCUT2D eigenvalue weighted by molar-refractivity contribution is -0.529. The molecule has 1 saturated heterocycles. The topological polar surface area (TPSA) is 12.7 Å². The monoisotopic (exact) mass is 624 g/mol. The third-order valence-electron chi connectivity index (χ3n) is 11.0. The molecule has 0 N–H and O–H groups in total. The lowest BCUT2D eigenvalue weighted by atomic mass is 9.82. The third kappa shape index (κ3) is 5.66. The van der Waals surface area contributed by atoms with Gasteiger partial charge in [-0.25, -0.2) is 4.58 Å². The second-order valence-electron chi connectivity index (χ2n) is 14.4. The summed E-state index contributed by atoms with van der Waals surface area (Å²) >= 11 is 0. The van der Waals surface area contributed by atoms with Crippen molar-refractivity contribution in [1.82, 2.24) is 0 Å². The molecule has 244 valence electrons. The minimum atomic E-state index is -0.0325. The second kappa shape index (κ2) is 12.7. The SMILES string of the molecule is CN1C(=CC=C2CCC/C(=C\C=C3\N(C)c4ccccc4C3(C)C)C2=[N+]2CCN(c3ccccc3)CC2)C(C)(C)c2ccccc21.[CH3-]. The molecule has 4 heteroatoms. The smallest absolute Gasteiger partial charge is 0.206 e. The van der Waals surface area contributed by atoms with Crippen molar-refractivity contribution in [3.05, 3.63) is 144 Å². The fourth-order valence-electron chi connectivity index (χ4n) is 8.43. The number of hydrogen-bond donors (Lipinski definition) is 0. The Balaban J connectivity index is 0.00000386. The van der Waals surface area contributed by atoms with E-state index in [1.165, 1.54) is 62.9 Å². The zero-order valence-electron chi connectivity index (χ0n) is 29.6. The number of fused-ring (bicyclic) bond motifs is 2. The molecule has 4 aliphatic rings. The van der Waals surface area contributed by atoms with Crippen LogP contribution in [-0.4, -0.2) is 50.6 Å². The highest BCUT2D eigenvalue weighted by atomic mass is 15.2. The lowest BCUT2D eigenvalue weighted by Gasteiger charge is -2.30. The molecule has 2 fully saturated rings. The number of rotatable bonds is 3.